The Morgan fingerprint density at radius 3 is 2.94 bits per heavy atom. The number of carbonyl (C=O) groups is 1. The molecule has 1 aromatic heterocycles. The zero-order valence-corrected chi connectivity index (χ0v) is 11.9. The highest BCUT2D eigenvalue weighted by Crippen LogP contribution is 2.25. The van der Waals surface area contributed by atoms with Gasteiger partial charge in [-0.25, -0.2) is 0 Å². The molecule has 17 heavy (non-hydrogen) atoms. The fourth-order valence-electron chi connectivity index (χ4n) is 2.33. The third kappa shape index (κ3) is 2.70. The zero-order valence-electron chi connectivity index (χ0n) is 10.3. The second kappa shape index (κ2) is 5.21. The molecule has 2 rings (SSSR count). The number of aromatic nitrogens is 2. The molecule has 1 aliphatic rings. The highest BCUT2D eigenvalue weighted by atomic mass is 79.9. The molecular weight excluding hydrogens is 282 g/mol. The Bertz CT molecular complexity index is 428. The van der Waals surface area contributed by atoms with E-state index in [4.69, 9.17) is 0 Å². The topological polar surface area (TPSA) is 46.9 Å². The Morgan fingerprint density at radius 2 is 2.29 bits per heavy atom. The first-order valence-corrected chi connectivity index (χ1v) is 6.84. The molecule has 0 radical (unpaired) electrons. The second-order valence-corrected chi connectivity index (χ2v) is 5.45. The van der Waals surface area contributed by atoms with E-state index in [1.165, 1.54) is 0 Å². The molecule has 5 heteroatoms. The van der Waals surface area contributed by atoms with Crippen LogP contribution in [0.5, 0.6) is 0 Å². The molecule has 1 fully saturated rings. The van der Waals surface area contributed by atoms with Gasteiger partial charge < -0.3 is 5.32 Å². The van der Waals surface area contributed by atoms with E-state index >= 15 is 0 Å². The van der Waals surface area contributed by atoms with Gasteiger partial charge in [-0.3, -0.25) is 9.48 Å². The van der Waals surface area contributed by atoms with Crippen molar-refractivity contribution in [3.63, 3.8) is 0 Å². The summed E-state index contributed by atoms with van der Waals surface area (Å²) in [5, 5.41) is 7.34. The van der Waals surface area contributed by atoms with Crippen LogP contribution in [-0.2, 0) is 18.3 Å². The first kappa shape index (κ1) is 12.6. The maximum Gasteiger partial charge on any atom is 0.223 e. The molecule has 1 N–H and O–H groups in total. The molecule has 0 saturated carbocycles. The van der Waals surface area contributed by atoms with Gasteiger partial charge in [-0.15, -0.1) is 0 Å². The van der Waals surface area contributed by atoms with Crippen molar-refractivity contribution < 1.29 is 4.79 Å². The van der Waals surface area contributed by atoms with Crippen LogP contribution in [0.3, 0.4) is 0 Å². The molecule has 1 unspecified atom stereocenters. The van der Waals surface area contributed by atoms with Gasteiger partial charge in [0.05, 0.1) is 15.9 Å². The Labute approximate surface area is 110 Å². The predicted molar refractivity (Wildman–Crippen MR) is 69.7 cm³/mol. The minimum absolute atomic E-state index is 0.0867. The molecule has 1 amide bonds. The number of halogens is 1. The molecule has 2 heterocycles. The van der Waals surface area contributed by atoms with E-state index in [1.54, 1.807) is 0 Å². The van der Waals surface area contributed by atoms with Crippen LogP contribution in [0.1, 0.15) is 30.7 Å². The minimum Gasteiger partial charge on any atom is -0.356 e. The van der Waals surface area contributed by atoms with Crippen LogP contribution in [0, 0.1) is 12.8 Å². The van der Waals surface area contributed by atoms with Crippen LogP contribution in [0.2, 0.25) is 0 Å². The lowest BCUT2D eigenvalue weighted by Gasteiger charge is -2.13. The molecular formula is C12H18BrN3O. The third-order valence-electron chi connectivity index (χ3n) is 3.35. The van der Waals surface area contributed by atoms with E-state index in [-0.39, 0.29) is 11.8 Å². The van der Waals surface area contributed by atoms with E-state index in [1.807, 2.05) is 18.7 Å². The Morgan fingerprint density at radius 1 is 1.53 bits per heavy atom. The van der Waals surface area contributed by atoms with Gasteiger partial charge in [0.25, 0.3) is 0 Å². The van der Waals surface area contributed by atoms with Crippen molar-refractivity contribution in [3.05, 3.63) is 15.9 Å². The number of carbonyl (C=O) groups excluding carboxylic acids is 1. The van der Waals surface area contributed by atoms with Gasteiger partial charge >= 0.3 is 0 Å². The zero-order chi connectivity index (χ0) is 12.4. The van der Waals surface area contributed by atoms with E-state index < -0.39 is 0 Å². The fraction of sp³-hybridized carbons (Fsp3) is 0.667. The fourth-order valence-corrected chi connectivity index (χ4v) is 2.83. The number of hydrogen-bond donors (Lipinski definition) is 1. The van der Waals surface area contributed by atoms with Crippen LogP contribution in [0.15, 0.2) is 4.47 Å². The Balaban J connectivity index is 2.16. The molecule has 0 bridgehead atoms. The summed E-state index contributed by atoms with van der Waals surface area (Å²) in [7, 11) is 1.93. The number of amides is 1. The summed E-state index contributed by atoms with van der Waals surface area (Å²) in [6.07, 6.45) is 3.96. The van der Waals surface area contributed by atoms with Crippen LogP contribution < -0.4 is 5.32 Å². The monoisotopic (exact) mass is 299 g/mol. The van der Waals surface area contributed by atoms with E-state index in [9.17, 15) is 4.79 Å². The Hall–Kier alpha value is -0.840. The second-order valence-electron chi connectivity index (χ2n) is 4.66. The van der Waals surface area contributed by atoms with Gasteiger partial charge in [0.2, 0.25) is 5.91 Å². The van der Waals surface area contributed by atoms with Crippen molar-refractivity contribution in [2.24, 2.45) is 13.0 Å². The number of nitrogens with zero attached hydrogens (tertiary/aromatic N) is 2. The van der Waals surface area contributed by atoms with Crippen molar-refractivity contribution >= 4 is 21.8 Å². The quantitative estimate of drug-likeness (QED) is 0.907. The largest absolute Gasteiger partial charge is 0.356 e. The van der Waals surface area contributed by atoms with E-state index in [2.05, 4.69) is 26.3 Å². The lowest BCUT2D eigenvalue weighted by molar-refractivity contribution is -0.124. The van der Waals surface area contributed by atoms with Gasteiger partial charge in [-0.2, -0.15) is 5.10 Å². The van der Waals surface area contributed by atoms with Gasteiger partial charge in [0, 0.05) is 25.9 Å². The summed E-state index contributed by atoms with van der Waals surface area (Å²) >= 11 is 3.55. The van der Waals surface area contributed by atoms with Crippen molar-refractivity contribution in [1.82, 2.24) is 15.1 Å². The summed E-state index contributed by atoms with van der Waals surface area (Å²) in [5.41, 5.74) is 2.10. The molecule has 0 aromatic carbocycles. The van der Waals surface area contributed by atoms with Gasteiger partial charge in [0.15, 0.2) is 0 Å². The summed E-state index contributed by atoms with van der Waals surface area (Å²) in [6, 6.07) is 0. The molecule has 1 saturated heterocycles. The normalized spacial score (nSPS) is 21.1. The molecule has 0 spiro atoms. The van der Waals surface area contributed by atoms with Crippen molar-refractivity contribution in [2.75, 3.05) is 6.54 Å². The Kier molecular flexibility index (Phi) is 3.86. The first-order chi connectivity index (χ1) is 8.09. The summed E-state index contributed by atoms with van der Waals surface area (Å²) < 4.78 is 2.91. The summed E-state index contributed by atoms with van der Waals surface area (Å²) in [4.78, 5) is 11.9. The molecule has 94 valence electrons. The van der Waals surface area contributed by atoms with Crippen LogP contribution in [-0.4, -0.2) is 22.2 Å². The van der Waals surface area contributed by atoms with Crippen molar-refractivity contribution in [1.29, 1.82) is 0 Å². The third-order valence-corrected chi connectivity index (χ3v) is 4.38. The predicted octanol–water partition coefficient (Wildman–Crippen LogP) is 1.95. The van der Waals surface area contributed by atoms with E-state index in [0.717, 1.165) is 48.1 Å². The number of hydrogen-bond acceptors (Lipinski definition) is 2. The van der Waals surface area contributed by atoms with Gasteiger partial charge in [-0.1, -0.05) is 6.42 Å². The number of aryl methyl sites for hydroxylation is 2. The van der Waals surface area contributed by atoms with Gasteiger partial charge in [0.1, 0.15) is 0 Å². The molecule has 1 atom stereocenters. The van der Waals surface area contributed by atoms with Crippen molar-refractivity contribution in [3.8, 4) is 0 Å². The van der Waals surface area contributed by atoms with Crippen molar-refractivity contribution in [2.45, 2.75) is 32.6 Å². The maximum atomic E-state index is 11.9. The average molecular weight is 300 g/mol. The molecule has 0 aliphatic carbocycles. The highest BCUT2D eigenvalue weighted by molar-refractivity contribution is 9.10. The molecule has 1 aromatic rings. The highest BCUT2D eigenvalue weighted by Gasteiger charge is 2.24. The standard InChI is InChI=1S/C12H18BrN3O/c1-8-11(13)10(16(2)15-8)7-9-5-3-4-6-14-12(9)17/h9H,3-7H2,1-2H3,(H,14,17). The lowest BCUT2D eigenvalue weighted by atomic mass is 9.97. The van der Waals surface area contributed by atoms with Crippen LogP contribution >= 0.6 is 15.9 Å². The number of nitrogens with one attached hydrogen (secondary N) is 1. The summed E-state index contributed by atoms with van der Waals surface area (Å²) in [5.74, 6) is 0.275. The summed E-state index contributed by atoms with van der Waals surface area (Å²) in [6.45, 7) is 2.79. The lowest BCUT2D eigenvalue weighted by Crippen LogP contribution is -2.30. The number of rotatable bonds is 2. The molecule has 1 aliphatic heterocycles. The molecule has 4 nitrogen and oxygen atoms in total. The van der Waals surface area contributed by atoms with Gasteiger partial charge in [-0.05, 0) is 35.7 Å². The SMILES string of the molecule is Cc1nn(C)c(CC2CCCCNC2=O)c1Br. The van der Waals surface area contributed by atoms with Crippen LogP contribution in [0.4, 0.5) is 0 Å². The minimum atomic E-state index is 0.0867. The van der Waals surface area contributed by atoms with Crippen LogP contribution in [0.25, 0.3) is 0 Å². The van der Waals surface area contributed by atoms with E-state index in [0.29, 0.717) is 0 Å². The first-order valence-electron chi connectivity index (χ1n) is 6.05. The maximum absolute atomic E-state index is 11.9. The smallest absolute Gasteiger partial charge is 0.223 e. The average Bonchev–Trinajstić information content (AvgIpc) is 2.45.